The molecule has 1 heterocycles. The van der Waals surface area contributed by atoms with E-state index in [9.17, 15) is 9.59 Å². The molecule has 0 bridgehead atoms. The molecular weight excluding hydrogens is 256 g/mol. The van der Waals surface area contributed by atoms with E-state index in [1.165, 1.54) is 0 Å². The van der Waals surface area contributed by atoms with Crippen molar-refractivity contribution in [2.45, 2.75) is 64.0 Å². The van der Waals surface area contributed by atoms with Gasteiger partial charge < -0.3 is 15.0 Å². The molecule has 1 aliphatic heterocycles. The average Bonchev–Trinajstić information content (AvgIpc) is 2.84. The maximum absolute atomic E-state index is 12.9. The second kappa shape index (κ2) is 6.57. The van der Waals surface area contributed by atoms with Crippen LogP contribution >= 0.6 is 0 Å². The Labute approximate surface area is 121 Å². The molecule has 2 fully saturated rings. The lowest BCUT2D eigenvalue weighted by molar-refractivity contribution is -0.140. The minimum atomic E-state index is -0.618. The highest BCUT2D eigenvalue weighted by Gasteiger charge is 2.47. The molecule has 1 unspecified atom stereocenters. The maximum atomic E-state index is 12.9. The van der Waals surface area contributed by atoms with Crippen molar-refractivity contribution in [2.24, 2.45) is 0 Å². The van der Waals surface area contributed by atoms with Crippen molar-refractivity contribution < 1.29 is 14.3 Å². The van der Waals surface area contributed by atoms with Crippen LogP contribution in [-0.4, -0.2) is 48.1 Å². The Morgan fingerprint density at radius 3 is 2.70 bits per heavy atom. The van der Waals surface area contributed by atoms with Crippen LogP contribution < -0.4 is 5.32 Å². The third kappa shape index (κ3) is 3.14. The molecule has 0 radical (unpaired) electrons. The second-order valence-corrected chi connectivity index (χ2v) is 5.94. The van der Waals surface area contributed by atoms with Gasteiger partial charge in [0.05, 0.1) is 0 Å². The second-order valence-electron chi connectivity index (χ2n) is 5.94. The number of carbonyl (C=O) groups is 2. The van der Waals surface area contributed by atoms with Crippen LogP contribution in [0.1, 0.15) is 52.4 Å². The van der Waals surface area contributed by atoms with E-state index in [1.54, 1.807) is 0 Å². The molecule has 1 N–H and O–H groups in total. The topological polar surface area (TPSA) is 58.6 Å². The van der Waals surface area contributed by atoms with Gasteiger partial charge in [-0.25, -0.2) is 0 Å². The molecular formula is C15H26N2O3. The normalized spacial score (nSPS) is 25.9. The molecule has 114 valence electrons. The summed E-state index contributed by atoms with van der Waals surface area (Å²) >= 11 is 0. The van der Waals surface area contributed by atoms with Crippen molar-refractivity contribution in [1.29, 1.82) is 0 Å². The Balaban J connectivity index is 2.07. The van der Waals surface area contributed by atoms with Crippen LogP contribution in [0.5, 0.6) is 0 Å². The highest BCUT2D eigenvalue weighted by molar-refractivity contribution is 5.94. The lowest BCUT2D eigenvalue weighted by Gasteiger charge is -2.34. The van der Waals surface area contributed by atoms with Crippen molar-refractivity contribution in [2.75, 3.05) is 19.8 Å². The Morgan fingerprint density at radius 2 is 2.05 bits per heavy atom. The zero-order chi connectivity index (χ0) is 14.6. The maximum Gasteiger partial charge on any atom is 0.248 e. The number of hydrogen-bond donors (Lipinski definition) is 1. The molecule has 2 rings (SSSR count). The van der Waals surface area contributed by atoms with E-state index in [4.69, 9.17) is 4.74 Å². The van der Waals surface area contributed by atoms with E-state index in [1.807, 2.05) is 18.7 Å². The lowest BCUT2D eigenvalue weighted by Crippen LogP contribution is -2.56. The summed E-state index contributed by atoms with van der Waals surface area (Å²) in [6, 6.07) is -0.0240. The molecule has 1 spiro atoms. The number of ether oxygens (including phenoxy) is 1. The van der Waals surface area contributed by atoms with Crippen molar-refractivity contribution in [1.82, 2.24) is 10.2 Å². The van der Waals surface area contributed by atoms with Gasteiger partial charge in [0.2, 0.25) is 11.8 Å². The number of carbonyl (C=O) groups excluding carboxylic acids is 2. The minimum Gasteiger partial charge on any atom is -0.382 e. The zero-order valence-electron chi connectivity index (χ0n) is 12.6. The van der Waals surface area contributed by atoms with Crippen molar-refractivity contribution in [3.63, 3.8) is 0 Å². The van der Waals surface area contributed by atoms with Crippen LogP contribution in [0.25, 0.3) is 0 Å². The molecule has 0 aromatic heterocycles. The third-order valence-corrected chi connectivity index (χ3v) is 4.41. The Bertz CT molecular complexity index is 364. The van der Waals surface area contributed by atoms with E-state index in [0.717, 1.165) is 32.1 Å². The Morgan fingerprint density at radius 1 is 1.35 bits per heavy atom. The summed E-state index contributed by atoms with van der Waals surface area (Å²) in [5.74, 6) is 0.130. The van der Waals surface area contributed by atoms with E-state index in [0.29, 0.717) is 26.2 Å². The molecule has 1 saturated carbocycles. The van der Waals surface area contributed by atoms with Crippen molar-refractivity contribution >= 4 is 11.8 Å². The van der Waals surface area contributed by atoms with Crippen LogP contribution in [-0.2, 0) is 14.3 Å². The summed E-state index contributed by atoms with van der Waals surface area (Å²) < 4.78 is 5.34. The molecule has 5 heteroatoms. The fraction of sp³-hybridized carbons (Fsp3) is 0.867. The van der Waals surface area contributed by atoms with Gasteiger partial charge in [0.1, 0.15) is 5.54 Å². The van der Waals surface area contributed by atoms with Crippen molar-refractivity contribution in [3.05, 3.63) is 0 Å². The summed E-state index contributed by atoms with van der Waals surface area (Å²) in [4.78, 5) is 26.8. The summed E-state index contributed by atoms with van der Waals surface area (Å²) in [7, 11) is 0. The van der Waals surface area contributed by atoms with E-state index in [-0.39, 0.29) is 17.9 Å². The Kier molecular flexibility index (Phi) is 5.02. The minimum absolute atomic E-state index is 0.0139. The van der Waals surface area contributed by atoms with Gasteiger partial charge in [0, 0.05) is 32.2 Å². The van der Waals surface area contributed by atoms with E-state index < -0.39 is 5.54 Å². The van der Waals surface area contributed by atoms with Gasteiger partial charge in [-0.3, -0.25) is 9.59 Å². The molecule has 0 aromatic carbocycles. The van der Waals surface area contributed by atoms with Gasteiger partial charge >= 0.3 is 0 Å². The molecule has 1 aliphatic carbocycles. The number of amides is 2. The van der Waals surface area contributed by atoms with Gasteiger partial charge in [0.25, 0.3) is 0 Å². The fourth-order valence-corrected chi connectivity index (χ4v) is 3.35. The highest BCUT2D eigenvalue weighted by atomic mass is 16.5. The van der Waals surface area contributed by atoms with Gasteiger partial charge in [0.15, 0.2) is 0 Å². The summed E-state index contributed by atoms with van der Waals surface area (Å²) in [5, 5.41) is 3.00. The molecule has 5 nitrogen and oxygen atoms in total. The SMILES string of the molecule is CCOCCCN1C(=O)C2(CCCC2)NC(=O)CC1C. The first-order valence-electron chi connectivity index (χ1n) is 7.79. The number of rotatable bonds is 5. The van der Waals surface area contributed by atoms with Crippen LogP contribution in [0, 0.1) is 0 Å². The highest BCUT2D eigenvalue weighted by Crippen LogP contribution is 2.34. The first kappa shape index (κ1) is 15.3. The predicted molar refractivity (Wildman–Crippen MR) is 76.2 cm³/mol. The fourth-order valence-electron chi connectivity index (χ4n) is 3.35. The summed E-state index contributed by atoms with van der Waals surface area (Å²) in [6.45, 7) is 5.98. The van der Waals surface area contributed by atoms with Crippen LogP contribution in [0.4, 0.5) is 0 Å². The van der Waals surface area contributed by atoms with E-state index >= 15 is 0 Å². The Hall–Kier alpha value is -1.10. The van der Waals surface area contributed by atoms with Crippen LogP contribution in [0.2, 0.25) is 0 Å². The van der Waals surface area contributed by atoms with Gasteiger partial charge in [-0.2, -0.15) is 0 Å². The van der Waals surface area contributed by atoms with Gasteiger partial charge in [-0.05, 0) is 33.1 Å². The first-order chi connectivity index (χ1) is 9.59. The van der Waals surface area contributed by atoms with Crippen LogP contribution in [0.3, 0.4) is 0 Å². The van der Waals surface area contributed by atoms with Crippen molar-refractivity contribution in [3.8, 4) is 0 Å². The molecule has 1 saturated heterocycles. The quantitative estimate of drug-likeness (QED) is 0.777. The number of nitrogens with one attached hydrogen (secondary N) is 1. The molecule has 0 aromatic rings. The first-order valence-corrected chi connectivity index (χ1v) is 7.79. The number of nitrogens with zero attached hydrogens (tertiary/aromatic N) is 1. The zero-order valence-corrected chi connectivity index (χ0v) is 12.6. The monoisotopic (exact) mass is 282 g/mol. The lowest BCUT2D eigenvalue weighted by atomic mass is 9.95. The summed E-state index contributed by atoms with van der Waals surface area (Å²) in [5.41, 5.74) is -0.618. The van der Waals surface area contributed by atoms with Gasteiger partial charge in [-0.1, -0.05) is 12.8 Å². The van der Waals surface area contributed by atoms with E-state index in [2.05, 4.69) is 5.32 Å². The molecule has 20 heavy (non-hydrogen) atoms. The van der Waals surface area contributed by atoms with Crippen LogP contribution in [0.15, 0.2) is 0 Å². The van der Waals surface area contributed by atoms with Gasteiger partial charge in [-0.15, -0.1) is 0 Å². The molecule has 1 atom stereocenters. The molecule has 2 aliphatic rings. The standard InChI is InChI=1S/C15H26N2O3/c1-3-20-10-6-9-17-12(2)11-13(18)16-15(14(17)19)7-4-5-8-15/h12H,3-11H2,1-2H3,(H,16,18). The number of hydrogen-bond acceptors (Lipinski definition) is 3. The summed E-state index contributed by atoms with van der Waals surface area (Å²) in [6.07, 6.45) is 4.84. The smallest absolute Gasteiger partial charge is 0.248 e. The largest absolute Gasteiger partial charge is 0.382 e. The predicted octanol–water partition coefficient (Wildman–Crippen LogP) is 1.46. The average molecular weight is 282 g/mol. The molecule has 2 amide bonds. The third-order valence-electron chi connectivity index (χ3n) is 4.41.